The number of nitrogens with zero attached hydrogens (tertiary/aromatic N) is 1. The molecule has 0 saturated carbocycles. The number of benzene rings is 4. The monoisotopic (exact) mass is 420 g/mol. The van der Waals surface area contributed by atoms with Gasteiger partial charge in [0.2, 0.25) is 5.69 Å². The molecule has 6 rings (SSSR count). The first kappa shape index (κ1) is 18.9. The Morgan fingerprint density at radius 2 is 1.52 bits per heavy atom. The van der Waals surface area contributed by atoms with Crippen LogP contribution in [0.2, 0.25) is 0 Å². The van der Waals surface area contributed by atoms with Gasteiger partial charge in [-0.15, -0.1) is 0 Å². The summed E-state index contributed by atoms with van der Waals surface area (Å²) >= 11 is 1.93. The molecule has 0 atom stereocenters. The van der Waals surface area contributed by atoms with Crippen LogP contribution in [0.1, 0.15) is 31.9 Å². The number of rotatable bonds is 0. The van der Waals surface area contributed by atoms with E-state index in [0.29, 0.717) is 0 Å². The first-order valence-electron chi connectivity index (χ1n) is 10.9. The Hall–Kier alpha value is -2.84. The summed E-state index contributed by atoms with van der Waals surface area (Å²) < 4.78 is 2.32. The lowest BCUT2D eigenvalue weighted by molar-refractivity contribution is -0.659. The van der Waals surface area contributed by atoms with Gasteiger partial charge in [-0.25, -0.2) is 4.57 Å². The molecule has 31 heavy (non-hydrogen) atoms. The van der Waals surface area contributed by atoms with Gasteiger partial charge in [-0.05, 0) is 57.1 Å². The number of fused-ring (bicyclic) bond motifs is 5. The van der Waals surface area contributed by atoms with Crippen molar-refractivity contribution in [2.24, 2.45) is 7.05 Å². The highest BCUT2D eigenvalue weighted by Crippen LogP contribution is 2.51. The molecule has 1 aromatic heterocycles. The standard InChI is InChI=1S/C29H26NS/c1-17-20-11-7-6-9-18(20)15-23-25(17)28-27-21(13-14-30(28)5)26-19(16-24(27)31-23)10-8-12-22(26)29(2,3)4/h6-16H,1-5H3/q+1. The first-order valence-corrected chi connectivity index (χ1v) is 11.8. The molecule has 152 valence electrons. The topological polar surface area (TPSA) is 3.88 Å². The van der Waals surface area contributed by atoms with E-state index in [-0.39, 0.29) is 5.41 Å². The van der Waals surface area contributed by atoms with Crippen LogP contribution in [0, 0.1) is 6.92 Å². The Bertz CT molecular complexity index is 1550. The van der Waals surface area contributed by atoms with Gasteiger partial charge in [0.25, 0.3) is 0 Å². The van der Waals surface area contributed by atoms with E-state index in [9.17, 15) is 0 Å². The van der Waals surface area contributed by atoms with Crippen molar-refractivity contribution >= 4 is 44.1 Å². The number of hydrogen-bond acceptors (Lipinski definition) is 1. The van der Waals surface area contributed by atoms with Crippen molar-refractivity contribution in [2.75, 3.05) is 0 Å². The zero-order valence-corrected chi connectivity index (χ0v) is 19.5. The van der Waals surface area contributed by atoms with Gasteiger partial charge in [0.15, 0.2) is 6.20 Å². The molecule has 0 saturated heterocycles. The van der Waals surface area contributed by atoms with Gasteiger partial charge in [0.05, 0.1) is 10.9 Å². The molecule has 0 spiro atoms. The van der Waals surface area contributed by atoms with Gasteiger partial charge in [-0.1, -0.05) is 75.0 Å². The molecular weight excluding hydrogens is 394 g/mol. The van der Waals surface area contributed by atoms with Gasteiger partial charge in [0, 0.05) is 21.2 Å². The molecule has 0 radical (unpaired) electrons. The third kappa shape index (κ3) is 2.61. The normalized spacial score (nSPS) is 13.2. The molecule has 5 aromatic rings. The van der Waals surface area contributed by atoms with Crippen LogP contribution in [-0.2, 0) is 12.5 Å². The van der Waals surface area contributed by atoms with Gasteiger partial charge in [-0.3, -0.25) is 0 Å². The van der Waals surface area contributed by atoms with Gasteiger partial charge in [0.1, 0.15) is 7.05 Å². The second-order valence-electron chi connectivity index (χ2n) is 9.79. The van der Waals surface area contributed by atoms with Crippen LogP contribution in [0.3, 0.4) is 0 Å². The summed E-state index contributed by atoms with van der Waals surface area (Å²) in [5, 5.41) is 8.17. The summed E-state index contributed by atoms with van der Waals surface area (Å²) in [6.45, 7) is 9.24. The van der Waals surface area contributed by atoms with Gasteiger partial charge < -0.3 is 0 Å². The molecule has 0 bridgehead atoms. The molecule has 1 nitrogen and oxygen atoms in total. The molecule has 0 unspecified atom stereocenters. The highest BCUT2D eigenvalue weighted by atomic mass is 32.2. The van der Waals surface area contributed by atoms with Crippen LogP contribution in [0.15, 0.2) is 76.7 Å². The average Bonchev–Trinajstić information content (AvgIpc) is 2.74. The lowest BCUT2D eigenvalue weighted by Crippen LogP contribution is -2.31. The van der Waals surface area contributed by atoms with E-state index in [0.717, 1.165) is 0 Å². The second-order valence-corrected chi connectivity index (χ2v) is 10.9. The maximum atomic E-state index is 2.41. The molecule has 0 amide bonds. The quantitative estimate of drug-likeness (QED) is 0.180. The third-order valence-corrected chi connectivity index (χ3v) is 7.84. The zero-order chi connectivity index (χ0) is 21.5. The summed E-state index contributed by atoms with van der Waals surface area (Å²) in [7, 11) is 2.19. The molecule has 1 aliphatic rings. The Morgan fingerprint density at radius 3 is 2.32 bits per heavy atom. The van der Waals surface area contributed by atoms with Crippen molar-refractivity contribution in [3.8, 4) is 11.3 Å². The van der Waals surface area contributed by atoms with Crippen molar-refractivity contribution in [3.05, 3.63) is 78.0 Å². The fraction of sp³-hybridized carbons (Fsp3) is 0.207. The smallest absolute Gasteiger partial charge is 0.200 e. The summed E-state index contributed by atoms with van der Waals surface area (Å²) in [4.78, 5) is 2.72. The van der Waals surface area contributed by atoms with E-state index in [2.05, 4.69) is 106 Å². The summed E-state index contributed by atoms with van der Waals surface area (Å²) in [5.74, 6) is 0. The minimum atomic E-state index is 0.0907. The van der Waals surface area contributed by atoms with Crippen LogP contribution in [0.4, 0.5) is 0 Å². The van der Waals surface area contributed by atoms with Crippen LogP contribution >= 0.6 is 11.8 Å². The van der Waals surface area contributed by atoms with E-state index < -0.39 is 0 Å². The van der Waals surface area contributed by atoms with Crippen LogP contribution in [0.25, 0.3) is 43.6 Å². The Kier molecular flexibility index (Phi) is 3.86. The van der Waals surface area contributed by atoms with Gasteiger partial charge in [-0.2, -0.15) is 0 Å². The summed E-state index contributed by atoms with van der Waals surface area (Å²) in [6.07, 6.45) is 2.24. The fourth-order valence-electron chi connectivity index (χ4n) is 5.31. The Labute approximate surface area is 187 Å². The van der Waals surface area contributed by atoms with Crippen molar-refractivity contribution in [1.29, 1.82) is 0 Å². The fourth-order valence-corrected chi connectivity index (χ4v) is 6.58. The van der Waals surface area contributed by atoms with E-state index in [1.807, 2.05) is 11.8 Å². The molecule has 2 heterocycles. The molecular formula is C29H26NS+. The number of aromatic nitrogens is 1. The number of pyridine rings is 1. The molecule has 0 fully saturated rings. The SMILES string of the molecule is Cc1c2c(cc3ccccc13)Sc1cc3cccc(C(C)(C)C)c3c3cc[n+](C)c-2c13. The lowest BCUT2D eigenvalue weighted by atomic mass is 9.82. The highest BCUT2D eigenvalue weighted by molar-refractivity contribution is 7.99. The summed E-state index contributed by atoms with van der Waals surface area (Å²) in [5.41, 5.74) is 5.61. The third-order valence-electron chi connectivity index (χ3n) is 6.76. The maximum absolute atomic E-state index is 2.41. The second kappa shape index (κ2) is 6.34. The first-order chi connectivity index (χ1) is 14.8. The Balaban J connectivity index is 1.83. The van der Waals surface area contributed by atoms with Crippen molar-refractivity contribution in [3.63, 3.8) is 0 Å². The lowest BCUT2D eigenvalue weighted by Gasteiger charge is -2.25. The average molecular weight is 421 g/mol. The van der Waals surface area contributed by atoms with E-state index in [1.165, 1.54) is 64.5 Å². The van der Waals surface area contributed by atoms with Crippen molar-refractivity contribution in [1.82, 2.24) is 0 Å². The minimum Gasteiger partial charge on any atom is -0.200 e. The minimum absolute atomic E-state index is 0.0907. The molecule has 2 heteroatoms. The van der Waals surface area contributed by atoms with E-state index in [4.69, 9.17) is 0 Å². The van der Waals surface area contributed by atoms with Crippen LogP contribution in [-0.4, -0.2) is 0 Å². The van der Waals surface area contributed by atoms with Crippen molar-refractivity contribution in [2.45, 2.75) is 42.9 Å². The molecule has 0 aliphatic carbocycles. The molecule has 4 aromatic carbocycles. The number of hydrogen-bond donors (Lipinski definition) is 0. The Morgan fingerprint density at radius 1 is 0.774 bits per heavy atom. The van der Waals surface area contributed by atoms with E-state index >= 15 is 0 Å². The molecule has 0 N–H and O–H groups in total. The number of aryl methyl sites for hydroxylation is 2. The van der Waals surface area contributed by atoms with Crippen LogP contribution in [0.5, 0.6) is 0 Å². The predicted molar refractivity (Wildman–Crippen MR) is 133 cm³/mol. The maximum Gasteiger partial charge on any atom is 0.222 e. The van der Waals surface area contributed by atoms with Gasteiger partial charge >= 0.3 is 0 Å². The van der Waals surface area contributed by atoms with Crippen molar-refractivity contribution < 1.29 is 4.57 Å². The zero-order valence-electron chi connectivity index (χ0n) is 18.7. The molecule has 1 aliphatic heterocycles. The largest absolute Gasteiger partial charge is 0.222 e. The predicted octanol–water partition coefficient (Wildman–Crippen LogP) is 7.71. The van der Waals surface area contributed by atoms with E-state index in [1.54, 1.807) is 0 Å². The summed E-state index contributed by atoms with van der Waals surface area (Å²) in [6, 6.07) is 22.7. The van der Waals surface area contributed by atoms with Crippen LogP contribution < -0.4 is 4.57 Å². The highest BCUT2D eigenvalue weighted by Gasteiger charge is 2.31.